The van der Waals surface area contributed by atoms with Gasteiger partial charge in [0, 0.05) is 6.08 Å². The van der Waals surface area contributed by atoms with Crippen molar-refractivity contribution in [3.8, 4) is 0 Å². The summed E-state index contributed by atoms with van der Waals surface area (Å²) >= 11 is 0. The summed E-state index contributed by atoms with van der Waals surface area (Å²) in [5.74, 6) is -0.936. The monoisotopic (exact) mass is 320 g/mol. The molecule has 0 aliphatic carbocycles. The molecule has 5 nitrogen and oxygen atoms in total. The van der Waals surface area contributed by atoms with Crippen LogP contribution < -0.4 is 15.8 Å². The molecule has 6 heteroatoms. The van der Waals surface area contributed by atoms with Gasteiger partial charge in [-0.2, -0.15) is 0 Å². The Labute approximate surface area is 135 Å². The van der Waals surface area contributed by atoms with E-state index in [1.807, 2.05) is 0 Å². The number of benzene rings is 1. The first-order valence-electron chi connectivity index (χ1n) is 7.99. The van der Waals surface area contributed by atoms with Crippen LogP contribution in [0.4, 0.5) is 4.39 Å². The molecule has 1 fully saturated rings. The maximum Gasteiger partial charge on any atom is 0.262 e. The van der Waals surface area contributed by atoms with Crippen LogP contribution in [0.15, 0.2) is 30.3 Å². The highest BCUT2D eigenvalue weighted by Gasteiger charge is 2.14. The molecule has 0 aromatic heterocycles. The molecular formula is C17H23FN3O2+. The van der Waals surface area contributed by atoms with Gasteiger partial charge >= 0.3 is 0 Å². The number of carbonyl (C=O) groups excluding carboxylic acids is 2. The van der Waals surface area contributed by atoms with Gasteiger partial charge < -0.3 is 4.90 Å². The number of hydrogen-bond acceptors (Lipinski definition) is 2. The molecule has 1 aliphatic rings. The van der Waals surface area contributed by atoms with E-state index in [2.05, 4.69) is 10.9 Å². The van der Waals surface area contributed by atoms with Gasteiger partial charge in [-0.25, -0.2) is 4.39 Å². The van der Waals surface area contributed by atoms with Gasteiger partial charge in [-0.15, -0.1) is 0 Å². The lowest BCUT2D eigenvalue weighted by Gasteiger charge is -2.23. The summed E-state index contributed by atoms with van der Waals surface area (Å²) in [6, 6.07) is 5.78. The summed E-state index contributed by atoms with van der Waals surface area (Å²) in [7, 11) is 0. The SMILES string of the molecule is O=C(/C=C/c1ccc(F)cc1)NNC(=O)CC[NH+]1CCCCC1. The smallest absolute Gasteiger partial charge is 0.262 e. The standard InChI is InChI=1S/C17H22FN3O2/c18-15-7-4-14(5-8-15)6-9-16(22)19-20-17(23)10-13-21-11-2-1-3-12-21/h4-9H,1-3,10-13H2,(H,19,22)(H,20,23)/p+1/b9-6+. The van der Waals surface area contributed by atoms with Gasteiger partial charge in [-0.05, 0) is 43.0 Å². The van der Waals surface area contributed by atoms with E-state index >= 15 is 0 Å². The summed E-state index contributed by atoms with van der Waals surface area (Å²) < 4.78 is 12.7. The quantitative estimate of drug-likeness (QED) is 0.545. The van der Waals surface area contributed by atoms with Crippen LogP contribution in [0.1, 0.15) is 31.2 Å². The average Bonchev–Trinajstić information content (AvgIpc) is 2.58. The Kier molecular flexibility index (Phi) is 6.75. The molecule has 23 heavy (non-hydrogen) atoms. The molecule has 1 aromatic rings. The highest BCUT2D eigenvalue weighted by molar-refractivity contribution is 5.93. The zero-order chi connectivity index (χ0) is 16.5. The molecule has 1 heterocycles. The molecule has 124 valence electrons. The Morgan fingerprint density at radius 1 is 1.09 bits per heavy atom. The topological polar surface area (TPSA) is 62.6 Å². The fraction of sp³-hybridized carbons (Fsp3) is 0.412. The third-order valence-electron chi connectivity index (χ3n) is 3.89. The molecule has 2 rings (SSSR count). The van der Waals surface area contributed by atoms with Crippen LogP contribution in [-0.4, -0.2) is 31.4 Å². The van der Waals surface area contributed by atoms with Crippen molar-refractivity contribution in [3.63, 3.8) is 0 Å². The second-order valence-electron chi connectivity index (χ2n) is 5.73. The second kappa shape index (κ2) is 9.05. The van der Waals surface area contributed by atoms with E-state index in [0.717, 1.165) is 19.6 Å². The first kappa shape index (κ1) is 17.1. The van der Waals surface area contributed by atoms with Gasteiger partial charge in [-0.3, -0.25) is 20.4 Å². The molecule has 0 bridgehead atoms. The van der Waals surface area contributed by atoms with Crippen molar-refractivity contribution in [2.45, 2.75) is 25.7 Å². The van der Waals surface area contributed by atoms with E-state index in [1.54, 1.807) is 18.2 Å². The van der Waals surface area contributed by atoms with Crippen LogP contribution >= 0.6 is 0 Å². The molecule has 0 atom stereocenters. The van der Waals surface area contributed by atoms with E-state index in [-0.39, 0.29) is 11.7 Å². The fourth-order valence-corrected chi connectivity index (χ4v) is 2.57. The number of halogens is 1. The number of piperidine rings is 1. The Bertz CT molecular complexity index is 551. The molecule has 1 saturated heterocycles. The van der Waals surface area contributed by atoms with E-state index in [4.69, 9.17) is 0 Å². The molecule has 1 aromatic carbocycles. The largest absolute Gasteiger partial charge is 0.335 e. The van der Waals surface area contributed by atoms with Crippen LogP contribution in [0.3, 0.4) is 0 Å². The lowest BCUT2D eigenvalue weighted by Crippen LogP contribution is -3.12. The molecule has 2 amide bonds. The van der Waals surface area contributed by atoms with Gasteiger partial charge in [0.15, 0.2) is 0 Å². The van der Waals surface area contributed by atoms with Crippen molar-refractivity contribution in [2.75, 3.05) is 19.6 Å². The normalized spacial score (nSPS) is 15.5. The van der Waals surface area contributed by atoms with Crippen LogP contribution in [0.25, 0.3) is 6.08 Å². The predicted octanol–water partition coefficient (Wildman–Crippen LogP) is 0.445. The molecule has 0 saturated carbocycles. The van der Waals surface area contributed by atoms with Gasteiger partial charge in [-0.1, -0.05) is 12.1 Å². The van der Waals surface area contributed by atoms with Crippen molar-refractivity contribution in [3.05, 3.63) is 41.7 Å². The lowest BCUT2D eigenvalue weighted by molar-refractivity contribution is -0.904. The van der Waals surface area contributed by atoms with E-state index in [9.17, 15) is 14.0 Å². The van der Waals surface area contributed by atoms with Crippen molar-refractivity contribution in [1.82, 2.24) is 10.9 Å². The predicted molar refractivity (Wildman–Crippen MR) is 85.8 cm³/mol. The third-order valence-corrected chi connectivity index (χ3v) is 3.89. The molecular weight excluding hydrogens is 297 g/mol. The Hall–Kier alpha value is -2.21. The van der Waals surface area contributed by atoms with E-state index in [0.29, 0.717) is 12.0 Å². The number of amides is 2. The zero-order valence-corrected chi connectivity index (χ0v) is 13.1. The number of likely N-dealkylation sites (tertiary alicyclic amines) is 1. The van der Waals surface area contributed by atoms with Crippen LogP contribution in [0, 0.1) is 5.82 Å². The van der Waals surface area contributed by atoms with Crippen LogP contribution in [-0.2, 0) is 9.59 Å². The van der Waals surface area contributed by atoms with Crippen LogP contribution in [0.5, 0.6) is 0 Å². The minimum atomic E-state index is -0.423. The van der Waals surface area contributed by atoms with Gasteiger partial charge in [0.25, 0.3) is 5.91 Å². The Morgan fingerprint density at radius 3 is 2.48 bits per heavy atom. The van der Waals surface area contributed by atoms with E-state index in [1.165, 1.54) is 42.4 Å². The maximum atomic E-state index is 12.7. The number of hydrazine groups is 1. The second-order valence-corrected chi connectivity index (χ2v) is 5.73. The molecule has 0 spiro atoms. The fourth-order valence-electron chi connectivity index (χ4n) is 2.57. The average molecular weight is 320 g/mol. The summed E-state index contributed by atoms with van der Waals surface area (Å²) in [5, 5.41) is 0. The van der Waals surface area contributed by atoms with Gasteiger partial charge in [0.1, 0.15) is 5.82 Å². The van der Waals surface area contributed by atoms with Crippen LogP contribution in [0.2, 0.25) is 0 Å². The third kappa shape index (κ3) is 6.61. The number of rotatable bonds is 5. The highest BCUT2D eigenvalue weighted by Crippen LogP contribution is 2.04. The maximum absolute atomic E-state index is 12.7. The molecule has 0 radical (unpaired) electrons. The molecule has 0 unspecified atom stereocenters. The highest BCUT2D eigenvalue weighted by atomic mass is 19.1. The summed E-state index contributed by atoms with van der Waals surface area (Å²) in [4.78, 5) is 24.8. The van der Waals surface area contributed by atoms with Crippen molar-refractivity contribution in [1.29, 1.82) is 0 Å². The Morgan fingerprint density at radius 2 is 1.78 bits per heavy atom. The van der Waals surface area contributed by atoms with Crippen molar-refractivity contribution >= 4 is 17.9 Å². The number of hydrogen-bond donors (Lipinski definition) is 3. The molecule has 3 N–H and O–H groups in total. The molecule has 1 aliphatic heterocycles. The zero-order valence-electron chi connectivity index (χ0n) is 13.1. The lowest BCUT2D eigenvalue weighted by atomic mass is 10.1. The van der Waals surface area contributed by atoms with Gasteiger partial charge in [0.05, 0.1) is 26.1 Å². The Balaban J connectivity index is 1.65. The van der Waals surface area contributed by atoms with Crippen molar-refractivity contribution in [2.24, 2.45) is 0 Å². The van der Waals surface area contributed by atoms with E-state index < -0.39 is 5.91 Å². The minimum Gasteiger partial charge on any atom is -0.335 e. The summed E-state index contributed by atoms with van der Waals surface area (Å²) in [5.41, 5.74) is 5.46. The summed E-state index contributed by atoms with van der Waals surface area (Å²) in [6.07, 6.45) is 6.98. The van der Waals surface area contributed by atoms with Crippen molar-refractivity contribution < 1.29 is 18.9 Å². The van der Waals surface area contributed by atoms with Gasteiger partial charge in [0.2, 0.25) is 5.91 Å². The first-order chi connectivity index (χ1) is 11.1. The number of quaternary nitrogens is 1. The summed E-state index contributed by atoms with van der Waals surface area (Å²) in [6.45, 7) is 3.05. The number of nitrogens with one attached hydrogen (secondary N) is 3. The first-order valence-corrected chi connectivity index (χ1v) is 7.99. The minimum absolute atomic E-state index is 0.188. The number of carbonyl (C=O) groups is 2.